The monoisotopic (exact) mass is 496 g/mol. The van der Waals surface area contributed by atoms with Crippen LogP contribution in [0.3, 0.4) is 0 Å². The second kappa shape index (κ2) is 8.94. The number of hydrogen-bond donors (Lipinski definition) is 1. The Hall–Kier alpha value is -3.08. The Bertz CT molecular complexity index is 1410. The molecule has 0 bridgehead atoms. The predicted molar refractivity (Wildman–Crippen MR) is 131 cm³/mol. The minimum absolute atomic E-state index is 0.108. The van der Waals surface area contributed by atoms with Gasteiger partial charge in [0, 0.05) is 24.6 Å². The van der Waals surface area contributed by atoms with Crippen molar-refractivity contribution in [2.24, 2.45) is 5.92 Å². The lowest BCUT2D eigenvalue weighted by molar-refractivity contribution is -0.120. The van der Waals surface area contributed by atoms with Crippen LogP contribution in [0.4, 0.5) is 5.69 Å². The van der Waals surface area contributed by atoms with Crippen molar-refractivity contribution in [3.05, 3.63) is 60.0 Å². The molecule has 1 aliphatic rings. The number of aryl methyl sites for hydroxylation is 2. The van der Waals surface area contributed by atoms with Crippen LogP contribution in [-0.4, -0.2) is 41.9 Å². The van der Waals surface area contributed by atoms with E-state index in [1.165, 1.54) is 4.31 Å². The van der Waals surface area contributed by atoms with Crippen LogP contribution in [0.2, 0.25) is 0 Å². The van der Waals surface area contributed by atoms with Gasteiger partial charge in [0.1, 0.15) is 15.6 Å². The van der Waals surface area contributed by atoms with E-state index in [0.717, 1.165) is 20.8 Å². The number of nitrogens with zero attached hydrogens (tertiary/aromatic N) is 3. The van der Waals surface area contributed by atoms with E-state index in [1.54, 1.807) is 25.2 Å². The molecule has 34 heavy (non-hydrogen) atoms. The number of para-hydroxylation sites is 2. The number of fused-ring (bicyclic) bond motifs is 1. The van der Waals surface area contributed by atoms with Crippen molar-refractivity contribution in [1.82, 2.24) is 14.4 Å². The van der Waals surface area contributed by atoms with Gasteiger partial charge in [-0.25, -0.2) is 13.4 Å². The molecule has 0 spiro atoms. The molecule has 10 heteroatoms. The minimum atomic E-state index is -3.71. The first-order valence-electron chi connectivity index (χ1n) is 11.0. The van der Waals surface area contributed by atoms with Crippen LogP contribution >= 0.6 is 11.3 Å². The van der Waals surface area contributed by atoms with E-state index in [0.29, 0.717) is 24.2 Å². The molecule has 0 radical (unpaired) electrons. The van der Waals surface area contributed by atoms with Crippen LogP contribution in [0.5, 0.6) is 0 Å². The van der Waals surface area contributed by atoms with E-state index >= 15 is 0 Å². The van der Waals surface area contributed by atoms with Crippen LogP contribution in [0, 0.1) is 19.8 Å². The fraction of sp³-hybridized carbons (Fsp3) is 0.292. The Balaban J connectivity index is 1.29. The van der Waals surface area contributed by atoms with Gasteiger partial charge in [0.25, 0.3) is 0 Å². The van der Waals surface area contributed by atoms with Crippen LogP contribution < -0.4 is 5.32 Å². The zero-order chi connectivity index (χ0) is 23.9. The quantitative estimate of drug-likeness (QED) is 0.433. The van der Waals surface area contributed by atoms with E-state index in [2.05, 4.69) is 10.5 Å². The predicted octanol–water partition coefficient (Wildman–Crippen LogP) is 4.61. The Morgan fingerprint density at radius 2 is 1.79 bits per heavy atom. The fourth-order valence-corrected chi connectivity index (χ4v) is 7.10. The molecule has 5 rings (SSSR count). The lowest BCUT2D eigenvalue weighted by Gasteiger charge is -2.30. The number of piperidine rings is 1. The highest BCUT2D eigenvalue weighted by Crippen LogP contribution is 2.35. The number of carbonyl (C=O) groups is 1. The second-order valence-electron chi connectivity index (χ2n) is 8.35. The number of anilines is 1. The molecule has 0 saturated carbocycles. The van der Waals surface area contributed by atoms with Gasteiger partial charge in [0.2, 0.25) is 15.9 Å². The molecule has 176 valence electrons. The number of benzene rings is 2. The molecule has 0 atom stereocenters. The summed E-state index contributed by atoms with van der Waals surface area (Å²) in [5, 5.41) is 7.67. The summed E-state index contributed by atoms with van der Waals surface area (Å²) in [4.78, 5) is 17.9. The highest BCUT2D eigenvalue weighted by atomic mass is 32.2. The molecular formula is C24H24N4O4S2. The number of thiazole rings is 1. The first-order valence-corrected chi connectivity index (χ1v) is 13.3. The van der Waals surface area contributed by atoms with E-state index < -0.39 is 10.0 Å². The zero-order valence-corrected chi connectivity index (χ0v) is 20.4. The van der Waals surface area contributed by atoms with E-state index in [1.807, 2.05) is 48.5 Å². The Morgan fingerprint density at radius 3 is 2.50 bits per heavy atom. The van der Waals surface area contributed by atoms with Crippen molar-refractivity contribution in [3.63, 3.8) is 0 Å². The highest BCUT2D eigenvalue weighted by molar-refractivity contribution is 7.89. The van der Waals surface area contributed by atoms with Crippen molar-refractivity contribution in [2.75, 3.05) is 18.4 Å². The molecule has 1 fully saturated rings. The molecule has 1 aliphatic heterocycles. The number of aromatic nitrogens is 2. The topological polar surface area (TPSA) is 105 Å². The molecule has 2 aromatic heterocycles. The maximum absolute atomic E-state index is 13.1. The summed E-state index contributed by atoms with van der Waals surface area (Å²) < 4.78 is 33.6. The van der Waals surface area contributed by atoms with Gasteiger partial charge in [-0.3, -0.25) is 4.79 Å². The summed E-state index contributed by atoms with van der Waals surface area (Å²) in [6.07, 6.45) is 0.884. The maximum Gasteiger partial charge on any atom is 0.248 e. The summed E-state index contributed by atoms with van der Waals surface area (Å²) in [6, 6.07) is 15.6. The molecule has 1 saturated heterocycles. The van der Waals surface area contributed by atoms with Gasteiger partial charge in [0.05, 0.1) is 15.9 Å². The molecular weight excluding hydrogens is 472 g/mol. The fourth-order valence-electron chi connectivity index (χ4n) is 4.33. The standard InChI is InChI=1S/C24H24N4O4S2/c1-15-22(16(2)32-27-15)34(30,31)28-13-11-17(12-14-28)23(29)25-19-8-4-3-7-18(19)24-26-20-9-5-6-10-21(20)33-24/h3-10,17H,11-14H2,1-2H3,(H,25,29). The highest BCUT2D eigenvalue weighted by Gasteiger charge is 2.35. The van der Waals surface area contributed by atoms with E-state index in [9.17, 15) is 13.2 Å². The van der Waals surface area contributed by atoms with Crippen molar-refractivity contribution >= 4 is 43.2 Å². The third kappa shape index (κ3) is 4.13. The average molecular weight is 497 g/mol. The first kappa shape index (κ1) is 22.7. The Morgan fingerprint density at radius 1 is 1.09 bits per heavy atom. The summed E-state index contributed by atoms with van der Waals surface area (Å²) >= 11 is 1.58. The second-order valence-corrected chi connectivity index (χ2v) is 11.3. The molecule has 1 N–H and O–H groups in total. The third-order valence-corrected chi connectivity index (χ3v) is 9.31. The number of carbonyl (C=O) groups excluding carboxylic acids is 1. The van der Waals surface area contributed by atoms with Gasteiger partial charge in [-0.1, -0.05) is 29.4 Å². The smallest absolute Gasteiger partial charge is 0.248 e. The molecule has 1 amide bonds. The first-order chi connectivity index (χ1) is 16.3. The number of rotatable bonds is 5. The Kier molecular flexibility index (Phi) is 5.97. The lowest BCUT2D eigenvalue weighted by atomic mass is 9.97. The molecule has 0 aliphatic carbocycles. The van der Waals surface area contributed by atoms with Crippen LogP contribution in [-0.2, 0) is 14.8 Å². The summed E-state index contributed by atoms with van der Waals surface area (Å²) in [5.41, 5.74) is 2.85. The summed E-state index contributed by atoms with van der Waals surface area (Å²) in [6.45, 7) is 3.75. The zero-order valence-electron chi connectivity index (χ0n) is 18.8. The number of sulfonamides is 1. The normalized spacial score (nSPS) is 15.6. The maximum atomic E-state index is 13.1. The van der Waals surface area contributed by atoms with Gasteiger partial charge in [-0.15, -0.1) is 11.3 Å². The van der Waals surface area contributed by atoms with Crippen molar-refractivity contribution in [3.8, 4) is 10.6 Å². The molecule has 2 aromatic carbocycles. The summed E-state index contributed by atoms with van der Waals surface area (Å²) in [5.74, 6) is -0.105. The van der Waals surface area contributed by atoms with E-state index in [-0.39, 0.29) is 35.6 Å². The third-order valence-electron chi connectivity index (χ3n) is 6.10. The van der Waals surface area contributed by atoms with Crippen molar-refractivity contribution in [1.29, 1.82) is 0 Å². The largest absolute Gasteiger partial charge is 0.360 e. The molecule has 0 unspecified atom stereocenters. The van der Waals surface area contributed by atoms with Crippen LogP contribution in [0.1, 0.15) is 24.3 Å². The van der Waals surface area contributed by atoms with Gasteiger partial charge in [-0.2, -0.15) is 4.31 Å². The number of nitrogens with one attached hydrogen (secondary N) is 1. The average Bonchev–Trinajstić information content (AvgIpc) is 3.42. The van der Waals surface area contributed by atoms with Crippen LogP contribution in [0.25, 0.3) is 20.8 Å². The van der Waals surface area contributed by atoms with Gasteiger partial charge in [0.15, 0.2) is 5.76 Å². The number of hydrogen-bond acceptors (Lipinski definition) is 7. The van der Waals surface area contributed by atoms with Crippen LogP contribution in [0.15, 0.2) is 57.9 Å². The SMILES string of the molecule is Cc1noc(C)c1S(=O)(=O)N1CCC(C(=O)Nc2ccccc2-c2nc3ccccc3s2)CC1. The van der Waals surface area contributed by atoms with Gasteiger partial charge >= 0.3 is 0 Å². The number of amides is 1. The van der Waals surface area contributed by atoms with Gasteiger partial charge < -0.3 is 9.84 Å². The van der Waals surface area contributed by atoms with Crippen molar-refractivity contribution in [2.45, 2.75) is 31.6 Å². The Labute approximate surface area is 201 Å². The van der Waals surface area contributed by atoms with Gasteiger partial charge in [-0.05, 0) is 51.0 Å². The van der Waals surface area contributed by atoms with Crippen molar-refractivity contribution < 1.29 is 17.7 Å². The molecule has 3 heterocycles. The lowest BCUT2D eigenvalue weighted by Crippen LogP contribution is -2.41. The molecule has 8 nitrogen and oxygen atoms in total. The summed E-state index contributed by atoms with van der Waals surface area (Å²) in [7, 11) is -3.71. The minimum Gasteiger partial charge on any atom is -0.360 e. The van der Waals surface area contributed by atoms with E-state index in [4.69, 9.17) is 9.51 Å². The molecule has 4 aromatic rings.